The fraction of sp³-hybridized carbons (Fsp3) is 0.318. The lowest BCUT2D eigenvalue weighted by Gasteiger charge is -2.28. The van der Waals surface area contributed by atoms with Gasteiger partial charge < -0.3 is 15.0 Å². The molecule has 1 saturated heterocycles. The van der Waals surface area contributed by atoms with Gasteiger partial charge in [0.15, 0.2) is 12.4 Å². The molecule has 0 radical (unpaired) electrons. The summed E-state index contributed by atoms with van der Waals surface area (Å²) in [6.45, 7) is 4.50. The van der Waals surface area contributed by atoms with Gasteiger partial charge in [0, 0.05) is 37.1 Å². The third-order valence-electron chi connectivity index (χ3n) is 5.27. The zero-order valence-corrected chi connectivity index (χ0v) is 17.8. The van der Waals surface area contributed by atoms with Crippen molar-refractivity contribution in [2.75, 3.05) is 37.7 Å². The fourth-order valence-corrected chi connectivity index (χ4v) is 5.04. The number of anilines is 1. The Bertz CT molecular complexity index is 1230. The number of ether oxygens (including phenoxy) is 1. The van der Waals surface area contributed by atoms with Crippen LogP contribution in [0.4, 0.5) is 14.6 Å². The van der Waals surface area contributed by atoms with E-state index in [0.29, 0.717) is 5.52 Å². The second-order valence-electron chi connectivity index (χ2n) is 7.42. The Kier molecular flexibility index (Phi) is 5.37. The first kappa shape index (κ1) is 20.0. The van der Waals surface area contributed by atoms with Gasteiger partial charge >= 0.3 is 6.01 Å². The molecule has 1 N–H and O–H groups in total. The molecule has 0 amide bonds. The lowest BCUT2D eigenvalue weighted by atomic mass is 10.1. The Hall–Kier alpha value is -2.91. The van der Waals surface area contributed by atoms with Crippen molar-refractivity contribution < 1.29 is 13.5 Å². The monoisotopic (exact) mass is 441 g/mol. The predicted octanol–water partition coefficient (Wildman–Crippen LogP) is 4.27. The number of aryl methyl sites for hydroxylation is 1. The van der Waals surface area contributed by atoms with E-state index in [2.05, 4.69) is 20.2 Å². The highest BCUT2D eigenvalue weighted by Gasteiger charge is 2.23. The van der Waals surface area contributed by atoms with Gasteiger partial charge in [0.05, 0.1) is 10.4 Å². The molecule has 0 saturated carbocycles. The number of hydrogen-bond acceptors (Lipinski definition) is 7. The zero-order valence-electron chi connectivity index (χ0n) is 16.9. The number of nitrogens with one attached hydrogen (secondary N) is 1. The number of hydrogen-bond donors (Lipinski definition) is 1. The molecule has 0 bridgehead atoms. The maximum atomic E-state index is 12.7. The van der Waals surface area contributed by atoms with E-state index >= 15 is 0 Å². The minimum atomic E-state index is -2.59. The number of pyridine rings is 1. The van der Waals surface area contributed by atoms with Gasteiger partial charge in [0.1, 0.15) is 10.3 Å². The highest BCUT2D eigenvalue weighted by molar-refractivity contribution is 7.26. The molecule has 160 valence electrons. The molecule has 0 atom stereocenters. The van der Waals surface area contributed by atoms with Gasteiger partial charge in [-0.25, -0.2) is 13.8 Å². The predicted molar refractivity (Wildman–Crippen MR) is 119 cm³/mol. The SMILES string of the molecule is Cc1cc(-c2ccccc2)nc2sc3c(N4CCNCC4)nc(OCC(F)F)nc3c12. The zero-order chi connectivity index (χ0) is 21.4. The van der Waals surface area contributed by atoms with Crippen LogP contribution in [0.5, 0.6) is 6.01 Å². The van der Waals surface area contributed by atoms with Crippen LogP contribution in [-0.2, 0) is 0 Å². The normalized spacial score (nSPS) is 14.6. The second-order valence-corrected chi connectivity index (χ2v) is 8.42. The van der Waals surface area contributed by atoms with Crippen molar-refractivity contribution in [3.63, 3.8) is 0 Å². The third-order valence-corrected chi connectivity index (χ3v) is 6.34. The highest BCUT2D eigenvalue weighted by Crippen LogP contribution is 2.40. The first-order valence-electron chi connectivity index (χ1n) is 10.1. The molecule has 1 aliphatic heterocycles. The summed E-state index contributed by atoms with van der Waals surface area (Å²) in [6.07, 6.45) is -2.59. The van der Waals surface area contributed by atoms with Crippen LogP contribution in [0.2, 0.25) is 0 Å². The molecule has 3 aromatic heterocycles. The summed E-state index contributed by atoms with van der Waals surface area (Å²) in [4.78, 5) is 16.9. The number of piperazine rings is 1. The van der Waals surface area contributed by atoms with Gasteiger partial charge in [-0.3, -0.25) is 0 Å². The highest BCUT2D eigenvalue weighted by atomic mass is 32.1. The fourth-order valence-electron chi connectivity index (χ4n) is 3.83. The number of aromatic nitrogens is 3. The number of benzene rings is 1. The molecule has 6 nitrogen and oxygen atoms in total. The summed E-state index contributed by atoms with van der Waals surface area (Å²) in [5.41, 5.74) is 3.67. The van der Waals surface area contributed by atoms with E-state index in [0.717, 1.165) is 63.7 Å². The molecular weight excluding hydrogens is 420 g/mol. The molecule has 9 heteroatoms. The Labute approximate surface area is 181 Å². The number of rotatable bonds is 5. The molecule has 31 heavy (non-hydrogen) atoms. The third kappa shape index (κ3) is 3.90. The minimum Gasteiger partial charge on any atom is -0.457 e. The van der Waals surface area contributed by atoms with Crippen molar-refractivity contribution in [2.45, 2.75) is 13.3 Å². The Morgan fingerprint density at radius 3 is 2.65 bits per heavy atom. The maximum absolute atomic E-state index is 12.7. The first-order valence-corrected chi connectivity index (χ1v) is 11.0. The summed E-state index contributed by atoms with van der Waals surface area (Å²) in [5.74, 6) is 0.722. The van der Waals surface area contributed by atoms with Crippen molar-refractivity contribution in [1.82, 2.24) is 20.3 Å². The van der Waals surface area contributed by atoms with E-state index in [-0.39, 0.29) is 6.01 Å². The molecule has 1 fully saturated rings. The molecule has 0 aliphatic carbocycles. The molecule has 0 spiro atoms. The average Bonchev–Trinajstić information content (AvgIpc) is 3.17. The number of alkyl halides is 2. The van der Waals surface area contributed by atoms with Crippen molar-refractivity contribution in [2.24, 2.45) is 0 Å². The maximum Gasteiger partial charge on any atom is 0.319 e. The number of nitrogens with zero attached hydrogens (tertiary/aromatic N) is 4. The Morgan fingerprint density at radius 1 is 1.13 bits per heavy atom. The molecule has 1 aromatic carbocycles. The van der Waals surface area contributed by atoms with Crippen LogP contribution >= 0.6 is 11.3 Å². The topological polar surface area (TPSA) is 63.2 Å². The summed E-state index contributed by atoms with van der Waals surface area (Å²) in [7, 11) is 0. The molecular formula is C22H21F2N5OS. The standard InChI is InChI=1S/C22H21F2N5OS/c1-13-11-15(14-5-3-2-4-6-14)26-21-17(13)18-19(31-21)20(29-9-7-25-8-10-29)28-22(27-18)30-12-16(23)24/h2-6,11,16,25H,7-10,12H2,1H3. The van der Waals surface area contributed by atoms with Crippen LogP contribution in [0.3, 0.4) is 0 Å². The average molecular weight is 442 g/mol. The lowest BCUT2D eigenvalue weighted by molar-refractivity contribution is 0.0773. The summed E-state index contributed by atoms with van der Waals surface area (Å²) in [6, 6.07) is 12.0. The Balaban J connectivity index is 1.70. The number of thiophene rings is 1. The van der Waals surface area contributed by atoms with E-state index in [1.165, 1.54) is 11.3 Å². The summed E-state index contributed by atoms with van der Waals surface area (Å²) < 4.78 is 31.6. The molecule has 4 heterocycles. The van der Waals surface area contributed by atoms with E-state index in [1.807, 2.05) is 43.3 Å². The number of fused-ring (bicyclic) bond motifs is 3. The van der Waals surface area contributed by atoms with Crippen molar-refractivity contribution in [3.8, 4) is 17.3 Å². The van der Waals surface area contributed by atoms with Crippen LogP contribution in [0.1, 0.15) is 5.56 Å². The summed E-state index contributed by atoms with van der Waals surface area (Å²) in [5, 5.41) is 4.24. The van der Waals surface area contributed by atoms with Gasteiger partial charge in [-0.1, -0.05) is 30.3 Å². The molecule has 0 unspecified atom stereocenters. The second kappa shape index (κ2) is 8.32. The summed E-state index contributed by atoms with van der Waals surface area (Å²) >= 11 is 1.54. The molecule has 5 rings (SSSR count). The smallest absolute Gasteiger partial charge is 0.319 e. The lowest BCUT2D eigenvalue weighted by Crippen LogP contribution is -2.44. The van der Waals surface area contributed by atoms with Gasteiger partial charge in [0.2, 0.25) is 0 Å². The minimum absolute atomic E-state index is 0.0208. The van der Waals surface area contributed by atoms with Crippen LogP contribution in [0.15, 0.2) is 36.4 Å². The van der Waals surface area contributed by atoms with Crippen LogP contribution in [0, 0.1) is 6.92 Å². The van der Waals surface area contributed by atoms with Gasteiger partial charge in [-0.05, 0) is 18.6 Å². The van der Waals surface area contributed by atoms with Crippen molar-refractivity contribution >= 4 is 37.6 Å². The van der Waals surface area contributed by atoms with Crippen molar-refractivity contribution in [1.29, 1.82) is 0 Å². The first-order chi connectivity index (χ1) is 15.1. The van der Waals surface area contributed by atoms with Gasteiger partial charge in [-0.2, -0.15) is 9.97 Å². The van der Waals surface area contributed by atoms with Crippen LogP contribution in [-0.4, -0.2) is 54.2 Å². The Morgan fingerprint density at radius 2 is 1.90 bits per heavy atom. The molecule has 1 aliphatic rings. The van der Waals surface area contributed by atoms with Crippen molar-refractivity contribution in [3.05, 3.63) is 42.0 Å². The van der Waals surface area contributed by atoms with E-state index in [9.17, 15) is 8.78 Å². The van der Waals surface area contributed by atoms with Gasteiger partial charge in [0.25, 0.3) is 6.43 Å². The van der Waals surface area contributed by atoms with E-state index < -0.39 is 13.0 Å². The molecule has 4 aromatic rings. The van der Waals surface area contributed by atoms with E-state index in [1.54, 1.807) is 0 Å². The quantitative estimate of drug-likeness (QED) is 0.499. The number of halogens is 2. The van der Waals surface area contributed by atoms with Gasteiger partial charge in [-0.15, -0.1) is 11.3 Å². The van der Waals surface area contributed by atoms with Crippen LogP contribution in [0.25, 0.3) is 31.7 Å². The largest absolute Gasteiger partial charge is 0.457 e. The van der Waals surface area contributed by atoms with E-state index in [4.69, 9.17) is 9.72 Å². The van der Waals surface area contributed by atoms with Crippen LogP contribution < -0.4 is 15.0 Å².